The number of halogens is 15. The molecule has 17 heteroatoms. The van der Waals surface area contributed by atoms with Crippen molar-refractivity contribution < 1.29 is 65.9 Å². The largest absolute Gasteiger partial charge is 0.207 e. The number of hydrogen-bond donors (Lipinski definition) is 0. The second kappa shape index (κ2) is 16.3. The van der Waals surface area contributed by atoms with Crippen LogP contribution < -0.4 is 10.9 Å². The third-order valence-corrected chi connectivity index (χ3v) is 13.2. The molecular formula is C36H39BF15P. The molecule has 0 bridgehead atoms. The molecule has 0 nitrogen and oxygen atoms in total. The topological polar surface area (TPSA) is 0 Å². The zero-order valence-corrected chi connectivity index (χ0v) is 31.8. The first-order chi connectivity index (χ1) is 23.9. The van der Waals surface area contributed by atoms with E-state index in [1.165, 1.54) is 0 Å². The molecule has 0 fully saturated rings. The highest BCUT2D eigenvalue weighted by Crippen LogP contribution is 2.67. The smallest absolute Gasteiger partial charge is 0.200 e. The number of hydrogen-bond acceptors (Lipinski definition) is 0. The molecule has 0 amide bonds. The van der Waals surface area contributed by atoms with Crippen molar-refractivity contribution in [2.75, 3.05) is 0 Å². The van der Waals surface area contributed by atoms with Gasteiger partial charge in [0, 0.05) is 13.5 Å². The van der Waals surface area contributed by atoms with E-state index in [1.807, 2.05) is 0 Å². The molecule has 3 aromatic carbocycles. The Labute approximate surface area is 299 Å². The van der Waals surface area contributed by atoms with Crippen LogP contribution in [0.15, 0.2) is 5.57 Å². The lowest BCUT2D eigenvalue weighted by Crippen LogP contribution is -2.52. The molecule has 0 aliphatic heterocycles. The Hall–Kier alpha value is -3.16. The van der Waals surface area contributed by atoms with E-state index in [2.05, 4.69) is 62.3 Å². The van der Waals surface area contributed by atoms with Crippen molar-refractivity contribution in [3.05, 3.63) is 98.4 Å². The first-order valence-corrected chi connectivity index (χ1v) is 17.8. The Bertz CT molecular complexity index is 1720. The summed E-state index contributed by atoms with van der Waals surface area (Å²) in [6, 6.07) is 0. The summed E-state index contributed by atoms with van der Waals surface area (Å²) >= 11 is 0. The van der Waals surface area contributed by atoms with Crippen LogP contribution in [0.2, 0.25) is 0 Å². The number of benzene rings is 3. The molecule has 3 rings (SSSR count). The van der Waals surface area contributed by atoms with E-state index in [4.69, 9.17) is 0 Å². The fraction of sp³-hybridized carbons (Fsp3) is 0.444. The van der Waals surface area contributed by atoms with E-state index < -0.39 is 142 Å². The van der Waals surface area contributed by atoms with Crippen LogP contribution in [0.4, 0.5) is 65.9 Å². The highest BCUT2D eigenvalue weighted by atomic mass is 31.1. The van der Waals surface area contributed by atoms with Gasteiger partial charge in [0.15, 0.2) is 58.2 Å². The molecule has 0 unspecified atom stereocenters. The summed E-state index contributed by atoms with van der Waals surface area (Å²) in [5.74, 6) is -42.3. The standard InChI is InChI=1S/C24H11BF15.C12H27P/c1-3-5(4-2)7(6-10(26)16(32)22(38)17(33)11(6)27)25(8-12(28)18(34)23(39)19(35)13(8)29)9-14(30)20(36)24(40)21(37)15(9)31;1-10(2,3)13(11(4,5)6)12(7,8)9/h25H,3-4H2,1-2H3;1-9H3/q-1;/p+1. The summed E-state index contributed by atoms with van der Waals surface area (Å²) in [7, 11) is -0.391. The normalized spacial score (nSPS) is 12.5. The maximum atomic E-state index is 15.0. The molecule has 0 aliphatic rings. The molecule has 296 valence electrons. The maximum Gasteiger partial charge on any atom is 0.200 e. The van der Waals surface area contributed by atoms with Crippen LogP contribution in [0.5, 0.6) is 0 Å². The van der Waals surface area contributed by atoms with Crippen molar-refractivity contribution in [1.29, 1.82) is 0 Å². The van der Waals surface area contributed by atoms with Crippen LogP contribution in [0, 0.1) is 87.3 Å². The van der Waals surface area contributed by atoms with Gasteiger partial charge in [0.05, 0.1) is 22.2 Å². The van der Waals surface area contributed by atoms with E-state index >= 15 is 17.6 Å². The van der Waals surface area contributed by atoms with Gasteiger partial charge >= 0.3 is 0 Å². The van der Waals surface area contributed by atoms with Gasteiger partial charge in [-0.05, 0) is 75.2 Å². The van der Waals surface area contributed by atoms with Gasteiger partial charge < -0.3 is 0 Å². The Morgan fingerprint density at radius 3 is 0.774 bits per heavy atom. The van der Waals surface area contributed by atoms with Crippen molar-refractivity contribution in [1.82, 2.24) is 0 Å². The first kappa shape index (κ1) is 46.0. The van der Waals surface area contributed by atoms with Crippen molar-refractivity contribution in [2.24, 2.45) is 0 Å². The van der Waals surface area contributed by atoms with Crippen molar-refractivity contribution in [2.45, 2.75) is 104 Å². The molecule has 0 saturated heterocycles. The summed E-state index contributed by atoms with van der Waals surface area (Å²) in [4.78, 5) is 0. The van der Waals surface area contributed by atoms with Gasteiger partial charge in [-0.15, -0.1) is 16.5 Å². The molecule has 0 aromatic heterocycles. The second-order valence-electron chi connectivity index (χ2n) is 15.5. The van der Waals surface area contributed by atoms with Gasteiger partial charge in [0.25, 0.3) is 0 Å². The van der Waals surface area contributed by atoms with E-state index in [9.17, 15) is 48.3 Å². The van der Waals surface area contributed by atoms with Crippen LogP contribution in [-0.2, 0) is 0 Å². The molecule has 0 N–H and O–H groups in total. The Morgan fingerprint density at radius 2 is 0.585 bits per heavy atom. The maximum absolute atomic E-state index is 15.0. The summed E-state index contributed by atoms with van der Waals surface area (Å²) < 4.78 is 217. The summed E-state index contributed by atoms with van der Waals surface area (Å²) in [6.45, 7) is 19.0. The molecule has 3 aromatic rings. The highest BCUT2D eigenvalue weighted by molar-refractivity contribution is 7.62. The second-order valence-corrected chi connectivity index (χ2v) is 20.7. The van der Waals surface area contributed by atoms with Gasteiger partial charge in [-0.1, -0.05) is 13.8 Å². The first-order valence-electron chi connectivity index (χ1n) is 16.3. The van der Waals surface area contributed by atoms with Crippen molar-refractivity contribution in [3.63, 3.8) is 0 Å². The van der Waals surface area contributed by atoms with Crippen molar-refractivity contribution in [3.8, 4) is 0 Å². The molecule has 0 heterocycles. The minimum absolute atomic E-state index is 0.391. The quantitative estimate of drug-likeness (QED) is 0.0766. The zero-order valence-electron chi connectivity index (χ0n) is 30.8. The monoisotopic (exact) mass is 798 g/mol. The predicted molar refractivity (Wildman–Crippen MR) is 180 cm³/mol. The van der Waals surface area contributed by atoms with Gasteiger partial charge in [0.1, 0.15) is 23.3 Å². The van der Waals surface area contributed by atoms with Gasteiger partial charge in [0.2, 0.25) is 5.82 Å². The van der Waals surface area contributed by atoms with Crippen LogP contribution in [-0.4, -0.2) is 22.2 Å². The fourth-order valence-electron chi connectivity index (χ4n) is 7.98. The van der Waals surface area contributed by atoms with Crippen LogP contribution in [0.25, 0.3) is 5.47 Å². The number of rotatable bonds is 6. The molecule has 0 aliphatic carbocycles. The Balaban J connectivity index is 0.000000636. The Kier molecular flexibility index (Phi) is 14.1. The van der Waals surface area contributed by atoms with Gasteiger partial charge in [-0.25, -0.2) is 65.9 Å². The summed E-state index contributed by atoms with van der Waals surface area (Å²) in [6.07, 6.45) is -1.20. The van der Waals surface area contributed by atoms with E-state index in [0.29, 0.717) is 15.5 Å². The fourth-order valence-corrected chi connectivity index (χ4v) is 14.7. The third-order valence-electron chi connectivity index (χ3n) is 8.70. The molecule has 0 radical (unpaired) electrons. The van der Waals surface area contributed by atoms with Gasteiger partial charge in [-0.2, -0.15) is 5.47 Å². The lowest BCUT2D eigenvalue weighted by Gasteiger charge is -2.42. The third kappa shape index (κ3) is 8.72. The predicted octanol–water partition coefficient (Wildman–Crippen LogP) is 11.5. The summed E-state index contributed by atoms with van der Waals surface area (Å²) in [5, 5.41) is 1.46. The minimum atomic E-state index is -4.81. The SMILES string of the molecule is CC(C)(C)[PH+](C(C)(C)C)C(C)(C)C.CCC(CC)=C([BH-](c1c(F)c(F)c(F)c(F)c1F)c1c(F)c(F)c(F)c(F)c1F)c1c(F)c(F)c(F)c(F)c1F. The van der Waals surface area contributed by atoms with Crippen LogP contribution in [0.3, 0.4) is 0 Å². The average molecular weight is 798 g/mol. The Morgan fingerprint density at radius 1 is 0.377 bits per heavy atom. The number of allylic oxidation sites excluding steroid dienone is 1. The molecule has 0 saturated carbocycles. The molecule has 0 spiro atoms. The molecular weight excluding hydrogens is 759 g/mol. The van der Waals surface area contributed by atoms with E-state index in [1.54, 1.807) is 0 Å². The van der Waals surface area contributed by atoms with Gasteiger partial charge in [-0.3, -0.25) is 0 Å². The lowest BCUT2D eigenvalue weighted by atomic mass is 9.33. The minimum Gasteiger partial charge on any atom is -0.207 e. The highest BCUT2D eigenvalue weighted by Gasteiger charge is 2.49. The summed E-state index contributed by atoms with van der Waals surface area (Å²) in [5.41, 5.74) is -9.06. The molecule has 53 heavy (non-hydrogen) atoms. The average Bonchev–Trinajstić information content (AvgIpc) is 3.03. The van der Waals surface area contributed by atoms with E-state index in [-0.39, 0.29) is 0 Å². The lowest BCUT2D eigenvalue weighted by molar-refractivity contribution is 0.376. The molecule has 0 atom stereocenters. The van der Waals surface area contributed by atoms with Crippen molar-refractivity contribution >= 4 is 31.0 Å². The van der Waals surface area contributed by atoms with Crippen LogP contribution in [0.1, 0.15) is 94.6 Å². The zero-order chi connectivity index (χ0) is 41.6. The van der Waals surface area contributed by atoms with E-state index in [0.717, 1.165) is 13.8 Å². The van der Waals surface area contributed by atoms with Crippen LogP contribution >= 0.6 is 7.92 Å².